The first kappa shape index (κ1) is 19.4. The van der Waals surface area contributed by atoms with Crippen molar-refractivity contribution in [1.82, 2.24) is 5.32 Å². The van der Waals surface area contributed by atoms with Gasteiger partial charge in [-0.1, -0.05) is 34.1 Å². The van der Waals surface area contributed by atoms with E-state index in [1.54, 1.807) is 4.90 Å². The Hall–Kier alpha value is -2.34. The van der Waals surface area contributed by atoms with E-state index in [2.05, 4.69) is 21.2 Å². The van der Waals surface area contributed by atoms with Crippen molar-refractivity contribution in [2.75, 3.05) is 18.1 Å². The number of anilines is 1. The minimum atomic E-state index is -0.644. The summed E-state index contributed by atoms with van der Waals surface area (Å²) < 4.78 is 6.35. The predicted octanol–water partition coefficient (Wildman–Crippen LogP) is 4.08. The van der Waals surface area contributed by atoms with E-state index in [1.807, 2.05) is 62.4 Å². The van der Waals surface area contributed by atoms with Gasteiger partial charge in [0.15, 0.2) is 0 Å². The third kappa shape index (κ3) is 4.50. The summed E-state index contributed by atoms with van der Waals surface area (Å²) in [5.41, 5.74) is 1.78. The summed E-state index contributed by atoms with van der Waals surface area (Å²) in [5.74, 6) is -0.215. The normalized spacial score (nSPS) is 17.7. The van der Waals surface area contributed by atoms with Gasteiger partial charge in [0.05, 0.1) is 12.6 Å². The lowest BCUT2D eigenvalue weighted by molar-refractivity contribution is -0.132. The third-order valence-electron chi connectivity index (χ3n) is 4.69. The molecule has 0 aromatic heterocycles. The molecule has 0 spiro atoms. The van der Waals surface area contributed by atoms with Gasteiger partial charge in [0.25, 0.3) is 0 Å². The largest absolute Gasteiger partial charge is 0.494 e. The van der Waals surface area contributed by atoms with Crippen LogP contribution >= 0.6 is 15.9 Å². The molecule has 1 N–H and O–H groups in total. The molecule has 2 amide bonds. The van der Waals surface area contributed by atoms with Gasteiger partial charge in [0.1, 0.15) is 11.7 Å². The van der Waals surface area contributed by atoms with Crippen LogP contribution in [0.15, 0.2) is 53.0 Å². The van der Waals surface area contributed by atoms with Crippen LogP contribution in [-0.4, -0.2) is 25.0 Å². The Labute approximate surface area is 167 Å². The van der Waals surface area contributed by atoms with Gasteiger partial charge >= 0.3 is 0 Å². The highest BCUT2D eigenvalue weighted by atomic mass is 79.9. The van der Waals surface area contributed by atoms with Crippen molar-refractivity contribution in [2.24, 2.45) is 5.92 Å². The van der Waals surface area contributed by atoms with Gasteiger partial charge in [-0.3, -0.25) is 9.59 Å². The fraction of sp³-hybridized carbons (Fsp3) is 0.333. The number of hydrogen-bond acceptors (Lipinski definition) is 3. The fourth-order valence-corrected chi connectivity index (χ4v) is 3.63. The summed E-state index contributed by atoms with van der Waals surface area (Å²) in [5, 5.41) is 2.97. The highest BCUT2D eigenvalue weighted by Crippen LogP contribution is 2.28. The Morgan fingerprint density at radius 1 is 1.30 bits per heavy atom. The van der Waals surface area contributed by atoms with Crippen LogP contribution in [0.2, 0.25) is 0 Å². The van der Waals surface area contributed by atoms with Gasteiger partial charge in [-0.2, -0.15) is 0 Å². The summed E-state index contributed by atoms with van der Waals surface area (Å²) >= 11 is 3.42. The van der Waals surface area contributed by atoms with E-state index in [0.29, 0.717) is 19.6 Å². The number of ether oxygens (including phenoxy) is 1. The van der Waals surface area contributed by atoms with Crippen LogP contribution < -0.4 is 15.0 Å². The molecule has 0 saturated carbocycles. The summed E-state index contributed by atoms with van der Waals surface area (Å²) in [4.78, 5) is 27.1. The van der Waals surface area contributed by atoms with Gasteiger partial charge in [-0.05, 0) is 56.2 Å². The van der Waals surface area contributed by atoms with Crippen LogP contribution in [0.3, 0.4) is 0 Å². The quantitative estimate of drug-likeness (QED) is 0.702. The highest BCUT2D eigenvalue weighted by molar-refractivity contribution is 9.10. The van der Waals surface area contributed by atoms with Gasteiger partial charge in [0, 0.05) is 16.7 Å². The van der Waals surface area contributed by atoms with Crippen molar-refractivity contribution in [3.05, 3.63) is 58.6 Å². The van der Waals surface area contributed by atoms with Crippen LogP contribution in [0.5, 0.6) is 5.75 Å². The molecule has 142 valence electrons. The number of nitrogens with zero attached hydrogens (tertiary/aromatic N) is 1. The molecule has 0 radical (unpaired) electrons. The van der Waals surface area contributed by atoms with E-state index in [0.717, 1.165) is 21.5 Å². The van der Waals surface area contributed by atoms with Crippen molar-refractivity contribution in [2.45, 2.75) is 26.3 Å². The Kier molecular flexibility index (Phi) is 6.16. The molecule has 1 saturated heterocycles. The molecule has 6 heteroatoms. The molecular weight excluding hydrogens is 408 g/mol. The first-order valence-corrected chi connectivity index (χ1v) is 9.89. The van der Waals surface area contributed by atoms with Crippen molar-refractivity contribution >= 4 is 33.4 Å². The fourth-order valence-electron chi connectivity index (χ4n) is 3.24. The number of hydrogen-bond donors (Lipinski definition) is 1. The van der Waals surface area contributed by atoms with Crippen molar-refractivity contribution in [3.8, 4) is 5.75 Å². The van der Waals surface area contributed by atoms with Crippen LogP contribution in [0, 0.1) is 5.92 Å². The van der Waals surface area contributed by atoms with Crippen LogP contribution in [-0.2, 0) is 9.59 Å². The lowest BCUT2D eigenvalue weighted by Crippen LogP contribution is -2.38. The highest BCUT2D eigenvalue weighted by Gasteiger charge is 2.38. The Bertz CT molecular complexity index is 822. The van der Waals surface area contributed by atoms with Gasteiger partial charge < -0.3 is 15.0 Å². The maximum atomic E-state index is 12.7. The standard InChI is InChI=1S/C21H23BrN2O3/c1-3-27-18-9-7-15(8-10-18)14(2)23-20(25)19-11-12-24(21(19)26)17-6-4-5-16(22)13-17/h4-10,13-14,19H,3,11-12H2,1-2H3,(H,23,25). The molecule has 3 rings (SSSR count). The van der Waals surface area contributed by atoms with E-state index >= 15 is 0 Å². The first-order valence-electron chi connectivity index (χ1n) is 9.09. The first-order chi connectivity index (χ1) is 13.0. The van der Waals surface area contributed by atoms with Gasteiger partial charge in [-0.25, -0.2) is 0 Å². The minimum Gasteiger partial charge on any atom is -0.494 e. The molecule has 0 bridgehead atoms. The van der Waals surface area contributed by atoms with Gasteiger partial charge in [-0.15, -0.1) is 0 Å². The number of benzene rings is 2. The lowest BCUT2D eigenvalue weighted by atomic mass is 10.0. The topological polar surface area (TPSA) is 58.6 Å². The van der Waals surface area contributed by atoms with E-state index in [-0.39, 0.29) is 17.9 Å². The molecular formula is C21H23BrN2O3. The maximum Gasteiger partial charge on any atom is 0.239 e. The van der Waals surface area contributed by atoms with E-state index in [4.69, 9.17) is 4.74 Å². The van der Waals surface area contributed by atoms with Crippen molar-refractivity contribution < 1.29 is 14.3 Å². The van der Waals surface area contributed by atoms with E-state index in [9.17, 15) is 9.59 Å². The molecule has 1 aliphatic rings. The zero-order valence-corrected chi connectivity index (χ0v) is 17.0. The maximum absolute atomic E-state index is 12.7. The number of carbonyl (C=O) groups is 2. The molecule has 27 heavy (non-hydrogen) atoms. The summed E-state index contributed by atoms with van der Waals surface area (Å²) in [6.45, 7) is 5.01. The lowest BCUT2D eigenvalue weighted by Gasteiger charge is -2.19. The molecule has 5 nitrogen and oxygen atoms in total. The second-order valence-corrected chi connectivity index (χ2v) is 7.46. The molecule has 1 fully saturated rings. The van der Waals surface area contributed by atoms with Crippen LogP contribution in [0.4, 0.5) is 5.69 Å². The molecule has 2 unspecified atom stereocenters. The van der Waals surface area contributed by atoms with Crippen molar-refractivity contribution in [1.29, 1.82) is 0 Å². The van der Waals surface area contributed by atoms with E-state index in [1.165, 1.54) is 0 Å². The smallest absolute Gasteiger partial charge is 0.239 e. The van der Waals surface area contributed by atoms with Crippen LogP contribution in [0.25, 0.3) is 0 Å². The zero-order valence-electron chi connectivity index (χ0n) is 15.4. The average molecular weight is 431 g/mol. The molecule has 1 heterocycles. The number of rotatable bonds is 6. The monoisotopic (exact) mass is 430 g/mol. The van der Waals surface area contributed by atoms with Gasteiger partial charge in [0.2, 0.25) is 11.8 Å². The Balaban J connectivity index is 1.63. The molecule has 2 aromatic carbocycles. The predicted molar refractivity (Wildman–Crippen MR) is 109 cm³/mol. The zero-order chi connectivity index (χ0) is 19.4. The van der Waals surface area contributed by atoms with E-state index < -0.39 is 5.92 Å². The Morgan fingerprint density at radius 2 is 2.04 bits per heavy atom. The SMILES string of the molecule is CCOc1ccc(C(C)NC(=O)C2CCN(c3cccc(Br)c3)C2=O)cc1. The average Bonchev–Trinajstić information content (AvgIpc) is 3.04. The third-order valence-corrected chi connectivity index (χ3v) is 5.18. The number of amides is 2. The molecule has 2 atom stereocenters. The summed E-state index contributed by atoms with van der Waals surface area (Å²) in [6.07, 6.45) is 0.521. The Morgan fingerprint density at radius 3 is 2.70 bits per heavy atom. The summed E-state index contributed by atoms with van der Waals surface area (Å²) in [6, 6.07) is 15.0. The second-order valence-electron chi connectivity index (χ2n) is 6.54. The second kappa shape index (κ2) is 8.57. The summed E-state index contributed by atoms with van der Waals surface area (Å²) in [7, 11) is 0. The molecule has 0 aliphatic carbocycles. The number of carbonyl (C=O) groups excluding carboxylic acids is 2. The molecule has 2 aromatic rings. The number of nitrogens with one attached hydrogen (secondary N) is 1. The minimum absolute atomic E-state index is 0.149. The van der Waals surface area contributed by atoms with Crippen molar-refractivity contribution in [3.63, 3.8) is 0 Å². The van der Waals surface area contributed by atoms with Crippen LogP contribution in [0.1, 0.15) is 31.9 Å². The molecule has 1 aliphatic heterocycles. The number of halogens is 1.